The van der Waals surface area contributed by atoms with Gasteiger partial charge in [-0.1, -0.05) is 42.5 Å². The third-order valence-electron chi connectivity index (χ3n) is 5.61. The summed E-state index contributed by atoms with van der Waals surface area (Å²) in [5, 5.41) is 0. The van der Waals surface area contributed by atoms with Crippen LogP contribution in [0.3, 0.4) is 0 Å². The summed E-state index contributed by atoms with van der Waals surface area (Å²) in [5.74, 6) is 0.134. The normalized spacial score (nSPS) is 19.2. The molecule has 0 aromatic heterocycles. The van der Waals surface area contributed by atoms with Crippen LogP contribution < -0.4 is 4.74 Å². The van der Waals surface area contributed by atoms with Gasteiger partial charge >= 0.3 is 12.1 Å². The minimum atomic E-state index is -0.643. The molecule has 1 heterocycles. The lowest BCUT2D eigenvalue weighted by Crippen LogP contribution is -2.53. The van der Waals surface area contributed by atoms with Crippen molar-refractivity contribution in [2.75, 3.05) is 19.8 Å². The SMILES string of the molecule is CCOC(=O)COc1cccc(C(C)(C)N2CCC(C)(c3ccccc3)OC2=O)c1. The van der Waals surface area contributed by atoms with Crippen molar-refractivity contribution in [1.29, 1.82) is 0 Å². The largest absolute Gasteiger partial charge is 0.482 e. The summed E-state index contributed by atoms with van der Waals surface area (Å²) in [6.45, 7) is 8.38. The maximum Gasteiger partial charge on any atom is 0.411 e. The lowest BCUT2D eigenvalue weighted by Gasteiger charge is -2.46. The molecular formula is C24H29NO5. The molecule has 6 nitrogen and oxygen atoms in total. The predicted octanol–water partition coefficient (Wildman–Crippen LogP) is 4.62. The van der Waals surface area contributed by atoms with E-state index in [0.29, 0.717) is 25.3 Å². The van der Waals surface area contributed by atoms with Gasteiger partial charge in [0.1, 0.15) is 11.4 Å². The first-order chi connectivity index (χ1) is 14.3. The highest BCUT2D eigenvalue weighted by molar-refractivity contribution is 5.71. The Kier molecular flexibility index (Phi) is 6.34. The third kappa shape index (κ3) is 4.58. The molecule has 1 fully saturated rings. The molecule has 1 aliphatic rings. The number of amides is 1. The molecule has 30 heavy (non-hydrogen) atoms. The zero-order chi connectivity index (χ0) is 21.8. The van der Waals surface area contributed by atoms with Crippen LogP contribution in [0.15, 0.2) is 54.6 Å². The van der Waals surface area contributed by atoms with Crippen LogP contribution in [0.25, 0.3) is 0 Å². The van der Waals surface area contributed by atoms with Gasteiger partial charge in [-0.3, -0.25) is 4.90 Å². The van der Waals surface area contributed by atoms with Crippen LogP contribution in [0.1, 0.15) is 45.2 Å². The monoisotopic (exact) mass is 411 g/mol. The van der Waals surface area contributed by atoms with Crippen molar-refractivity contribution in [2.24, 2.45) is 0 Å². The minimum absolute atomic E-state index is 0.154. The zero-order valence-corrected chi connectivity index (χ0v) is 18.0. The number of esters is 1. The smallest absolute Gasteiger partial charge is 0.411 e. The van der Waals surface area contributed by atoms with Gasteiger partial charge < -0.3 is 14.2 Å². The summed E-state index contributed by atoms with van der Waals surface area (Å²) in [7, 11) is 0. The Morgan fingerprint density at radius 2 is 1.90 bits per heavy atom. The number of nitrogens with zero attached hydrogens (tertiary/aromatic N) is 1. The molecule has 1 saturated heterocycles. The van der Waals surface area contributed by atoms with E-state index in [9.17, 15) is 9.59 Å². The fraction of sp³-hybridized carbons (Fsp3) is 0.417. The van der Waals surface area contributed by atoms with Crippen LogP contribution in [0.5, 0.6) is 5.75 Å². The van der Waals surface area contributed by atoms with Gasteiger partial charge in [0.25, 0.3) is 0 Å². The topological polar surface area (TPSA) is 65.1 Å². The molecule has 2 aromatic carbocycles. The van der Waals surface area contributed by atoms with E-state index in [1.54, 1.807) is 17.9 Å². The maximum atomic E-state index is 13.0. The highest BCUT2D eigenvalue weighted by Gasteiger charge is 2.43. The second kappa shape index (κ2) is 8.78. The van der Waals surface area contributed by atoms with Gasteiger partial charge in [0.05, 0.1) is 12.1 Å². The van der Waals surface area contributed by atoms with E-state index in [0.717, 1.165) is 11.1 Å². The van der Waals surface area contributed by atoms with Gasteiger partial charge in [-0.15, -0.1) is 0 Å². The first-order valence-corrected chi connectivity index (χ1v) is 10.2. The Hall–Kier alpha value is -3.02. The van der Waals surface area contributed by atoms with Crippen molar-refractivity contribution in [2.45, 2.75) is 45.3 Å². The summed E-state index contributed by atoms with van der Waals surface area (Å²) in [6.07, 6.45) is 0.334. The molecule has 1 aliphatic heterocycles. The van der Waals surface area contributed by atoms with Crippen LogP contribution in [0.4, 0.5) is 4.79 Å². The van der Waals surface area contributed by atoms with Gasteiger partial charge in [0, 0.05) is 13.0 Å². The van der Waals surface area contributed by atoms with Crippen LogP contribution in [-0.2, 0) is 25.4 Å². The van der Waals surface area contributed by atoms with Crippen molar-refractivity contribution in [3.63, 3.8) is 0 Å². The number of ether oxygens (including phenoxy) is 3. The predicted molar refractivity (Wildman–Crippen MR) is 113 cm³/mol. The molecule has 0 aliphatic carbocycles. The number of hydrogen-bond acceptors (Lipinski definition) is 5. The molecular weight excluding hydrogens is 382 g/mol. The van der Waals surface area contributed by atoms with Crippen molar-refractivity contribution < 1.29 is 23.8 Å². The average Bonchev–Trinajstić information content (AvgIpc) is 2.73. The maximum absolute atomic E-state index is 13.0. The van der Waals surface area contributed by atoms with Crippen molar-refractivity contribution in [3.05, 3.63) is 65.7 Å². The van der Waals surface area contributed by atoms with Crippen LogP contribution in [0.2, 0.25) is 0 Å². The van der Waals surface area contributed by atoms with Crippen molar-refractivity contribution in [3.8, 4) is 5.75 Å². The number of carbonyl (C=O) groups is 2. The molecule has 0 saturated carbocycles. The second-order valence-electron chi connectivity index (χ2n) is 8.05. The van der Waals surface area contributed by atoms with Gasteiger partial charge in [-0.25, -0.2) is 9.59 Å². The average molecular weight is 411 g/mol. The highest BCUT2D eigenvalue weighted by Crippen LogP contribution is 2.39. The molecule has 0 bridgehead atoms. The Bertz CT molecular complexity index is 895. The molecule has 2 aromatic rings. The molecule has 0 N–H and O–H groups in total. The Labute approximate surface area is 177 Å². The summed E-state index contributed by atoms with van der Waals surface area (Å²) in [6, 6.07) is 17.2. The number of hydrogen-bond donors (Lipinski definition) is 0. The van der Waals surface area contributed by atoms with Crippen molar-refractivity contribution >= 4 is 12.1 Å². The highest BCUT2D eigenvalue weighted by atomic mass is 16.6. The number of rotatable bonds is 7. The van der Waals surface area contributed by atoms with Crippen LogP contribution in [0, 0.1) is 0 Å². The molecule has 160 valence electrons. The van der Waals surface area contributed by atoms with E-state index in [1.807, 2.05) is 69.3 Å². The summed E-state index contributed by atoms with van der Waals surface area (Å²) >= 11 is 0. The van der Waals surface area contributed by atoms with Crippen molar-refractivity contribution in [1.82, 2.24) is 4.90 Å². The molecule has 1 unspecified atom stereocenters. The molecule has 0 radical (unpaired) electrons. The number of benzene rings is 2. The van der Waals surface area contributed by atoms with Crippen LogP contribution >= 0.6 is 0 Å². The second-order valence-corrected chi connectivity index (χ2v) is 8.05. The standard InChI is InChI=1S/C24H29NO5/c1-5-28-21(26)17-29-20-13-9-12-19(16-20)23(2,3)25-15-14-24(4,30-22(25)27)18-10-7-6-8-11-18/h6-13,16H,5,14-15,17H2,1-4H3. The van der Waals surface area contributed by atoms with E-state index in [1.165, 1.54) is 0 Å². The van der Waals surface area contributed by atoms with Gasteiger partial charge in [-0.2, -0.15) is 0 Å². The quantitative estimate of drug-likeness (QED) is 0.622. The lowest BCUT2D eigenvalue weighted by molar-refractivity contribution is -0.145. The van der Waals surface area contributed by atoms with Gasteiger partial charge in [-0.05, 0) is 51.0 Å². The molecule has 0 spiro atoms. The molecule has 3 rings (SSSR count). The summed E-state index contributed by atoms with van der Waals surface area (Å²) in [5.41, 5.74) is 0.628. The fourth-order valence-electron chi connectivity index (χ4n) is 3.68. The molecule has 1 atom stereocenters. The van der Waals surface area contributed by atoms with Gasteiger partial charge in [0.15, 0.2) is 6.61 Å². The Balaban J connectivity index is 1.74. The first kappa shape index (κ1) is 21.7. The van der Waals surface area contributed by atoms with E-state index in [2.05, 4.69) is 0 Å². The Morgan fingerprint density at radius 1 is 1.17 bits per heavy atom. The number of carbonyl (C=O) groups excluding carboxylic acids is 2. The summed E-state index contributed by atoms with van der Waals surface area (Å²) in [4.78, 5) is 26.3. The van der Waals surface area contributed by atoms with E-state index < -0.39 is 17.1 Å². The lowest BCUT2D eigenvalue weighted by atomic mass is 9.87. The fourth-order valence-corrected chi connectivity index (χ4v) is 3.68. The Morgan fingerprint density at radius 3 is 2.57 bits per heavy atom. The van der Waals surface area contributed by atoms with E-state index in [-0.39, 0.29) is 12.7 Å². The van der Waals surface area contributed by atoms with Gasteiger partial charge in [0.2, 0.25) is 0 Å². The van der Waals surface area contributed by atoms with E-state index in [4.69, 9.17) is 14.2 Å². The number of cyclic esters (lactones) is 1. The van der Waals surface area contributed by atoms with E-state index >= 15 is 0 Å². The molecule has 1 amide bonds. The zero-order valence-electron chi connectivity index (χ0n) is 18.0. The first-order valence-electron chi connectivity index (χ1n) is 10.2. The minimum Gasteiger partial charge on any atom is -0.482 e. The molecule has 6 heteroatoms. The third-order valence-corrected chi connectivity index (χ3v) is 5.61. The summed E-state index contributed by atoms with van der Waals surface area (Å²) < 4.78 is 16.4. The van der Waals surface area contributed by atoms with Crippen LogP contribution in [-0.4, -0.2) is 36.7 Å².